The minimum atomic E-state index is -4.55. The summed E-state index contributed by atoms with van der Waals surface area (Å²) in [5.41, 5.74) is -0.190. The largest absolute Gasteiger partial charge is 0.457 e. The summed E-state index contributed by atoms with van der Waals surface area (Å²) in [4.78, 5) is 8.47. The van der Waals surface area contributed by atoms with Crippen LogP contribution >= 0.6 is 0 Å². The van der Waals surface area contributed by atoms with Crippen molar-refractivity contribution in [1.82, 2.24) is 9.97 Å². The molecule has 1 heterocycles. The monoisotopic (exact) mass is 458 g/mol. The van der Waals surface area contributed by atoms with E-state index < -0.39 is 21.6 Å². The third-order valence-corrected chi connectivity index (χ3v) is 6.52. The summed E-state index contributed by atoms with van der Waals surface area (Å²) in [5.74, 6) is 0.659. The summed E-state index contributed by atoms with van der Waals surface area (Å²) < 4.78 is 70.1. The van der Waals surface area contributed by atoms with Gasteiger partial charge in [-0.2, -0.15) is 13.2 Å². The van der Waals surface area contributed by atoms with Crippen molar-refractivity contribution in [3.8, 4) is 22.8 Å². The number of hydrogen-bond donors (Lipinski definition) is 0. The van der Waals surface area contributed by atoms with Gasteiger partial charge in [-0.15, -0.1) is 0 Å². The van der Waals surface area contributed by atoms with Crippen molar-refractivity contribution in [1.29, 1.82) is 0 Å². The van der Waals surface area contributed by atoms with Crippen LogP contribution in [0.5, 0.6) is 11.5 Å². The molecule has 5 nitrogen and oxygen atoms in total. The van der Waals surface area contributed by atoms with Crippen LogP contribution in [0.2, 0.25) is 0 Å². The molecule has 0 bridgehead atoms. The summed E-state index contributed by atoms with van der Waals surface area (Å²) in [6.07, 6.45) is -3.16. The van der Waals surface area contributed by atoms with Crippen molar-refractivity contribution in [2.24, 2.45) is 0 Å². The van der Waals surface area contributed by atoms with E-state index in [0.29, 0.717) is 17.1 Å². The lowest BCUT2D eigenvalue weighted by molar-refractivity contribution is -0.136. The van der Waals surface area contributed by atoms with Crippen LogP contribution in [0.3, 0.4) is 0 Å². The molecule has 164 valence electrons. The van der Waals surface area contributed by atoms with Gasteiger partial charge in [-0.25, -0.2) is 13.4 Å². The number of halogens is 3. The summed E-state index contributed by atoms with van der Waals surface area (Å²) in [6.45, 7) is 1.56. The van der Waals surface area contributed by atoms with E-state index in [1.165, 1.54) is 30.5 Å². The number of fused-ring (bicyclic) bond motifs is 1. The highest BCUT2D eigenvalue weighted by Gasteiger charge is 2.33. The number of sulfone groups is 1. The third-order valence-electron chi connectivity index (χ3n) is 4.79. The maximum atomic E-state index is 13.4. The Kier molecular flexibility index (Phi) is 5.60. The fourth-order valence-electron chi connectivity index (χ4n) is 3.15. The van der Waals surface area contributed by atoms with Crippen LogP contribution < -0.4 is 4.74 Å². The number of ether oxygens (including phenoxy) is 1. The Morgan fingerprint density at radius 3 is 2.34 bits per heavy atom. The van der Waals surface area contributed by atoms with Crippen molar-refractivity contribution in [3.05, 3.63) is 78.5 Å². The molecule has 4 rings (SSSR count). The van der Waals surface area contributed by atoms with E-state index >= 15 is 0 Å². The first-order valence-corrected chi connectivity index (χ1v) is 11.3. The lowest BCUT2D eigenvalue weighted by atomic mass is 10.1. The quantitative estimate of drug-likeness (QED) is 0.372. The predicted octanol–water partition coefficient (Wildman–Crippen LogP) is 5.90. The number of rotatable bonds is 5. The standard InChI is InChI=1S/C23H17F3N2O3S/c1-2-32(29,30)18-9-4-8-17(13-18)31-16-7-3-6-15(12-16)21-14-27-20-11-5-10-19(22(20)28-21)23(24,25)26/h3-14H,2H2,1H3. The second-order valence-corrected chi connectivity index (χ2v) is 9.21. The van der Waals surface area contributed by atoms with Crippen molar-refractivity contribution in [2.45, 2.75) is 18.0 Å². The first kappa shape index (κ1) is 21.8. The third kappa shape index (κ3) is 4.43. The molecule has 0 aliphatic heterocycles. The number of nitrogens with zero attached hydrogens (tertiary/aromatic N) is 2. The molecule has 4 aromatic rings. The molecule has 0 saturated carbocycles. The average molecular weight is 458 g/mol. The van der Waals surface area contributed by atoms with Crippen molar-refractivity contribution in [2.75, 3.05) is 5.75 Å². The number of alkyl halides is 3. The van der Waals surface area contributed by atoms with Crippen LogP contribution in [0.4, 0.5) is 13.2 Å². The van der Waals surface area contributed by atoms with E-state index in [1.807, 2.05) is 0 Å². The Labute approximate surface area is 182 Å². The van der Waals surface area contributed by atoms with Gasteiger partial charge in [0.1, 0.15) is 17.0 Å². The predicted molar refractivity (Wildman–Crippen MR) is 114 cm³/mol. The Morgan fingerprint density at radius 1 is 0.938 bits per heavy atom. The van der Waals surface area contributed by atoms with E-state index in [-0.39, 0.29) is 27.4 Å². The molecule has 9 heteroatoms. The smallest absolute Gasteiger partial charge is 0.418 e. The van der Waals surface area contributed by atoms with Gasteiger partial charge < -0.3 is 4.74 Å². The van der Waals surface area contributed by atoms with Crippen LogP contribution in [0, 0.1) is 0 Å². The van der Waals surface area contributed by atoms with Crippen LogP contribution in [-0.2, 0) is 16.0 Å². The zero-order valence-corrected chi connectivity index (χ0v) is 17.6. The molecule has 3 aromatic carbocycles. The number of benzene rings is 3. The molecule has 0 aliphatic carbocycles. The summed E-state index contributed by atoms with van der Waals surface area (Å²) in [6, 6.07) is 16.4. The second-order valence-electron chi connectivity index (χ2n) is 6.93. The molecule has 0 aliphatic rings. The van der Waals surface area contributed by atoms with E-state index in [9.17, 15) is 21.6 Å². The molecule has 0 saturated heterocycles. The Balaban J connectivity index is 1.70. The van der Waals surface area contributed by atoms with Gasteiger partial charge in [0.25, 0.3) is 0 Å². The molecule has 0 fully saturated rings. The summed E-state index contributed by atoms with van der Waals surface area (Å²) in [5, 5.41) is 0. The molecule has 32 heavy (non-hydrogen) atoms. The van der Waals surface area contributed by atoms with Crippen molar-refractivity contribution < 1.29 is 26.3 Å². The maximum absolute atomic E-state index is 13.4. The van der Waals surface area contributed by atoms with E-state index in [4.69, 9.17) is 4.74 Å². The molecule has 0 spiro atoms. The number of hydrogen-bond acceptors (Lipinski definition) is 5. The normalized spacial score (nSPS) is 12.1. The van der Waals surface area contributed by atoms with Gasteiger partial charge in [0.15, 0.2) is 9.84 Å². The Morgan fingerprint density at radius 2 is 1.62 bits per heavy atom. The topological polar surface area (TPSA) is 69.2 Å². The summed E-state index contributed by atoms with van der Waals surface area (Å²) in [7, 11) is -3.39. The van der Waals surface area contributed by atoms with E-state index in [1.54, 1.807) is 43.3 Å². The molecular weight excluding hydrogens is 441 g/mol. The fourth-order valence-corrected chi connectivity index (χ4v) is 4.07. The van der Waals surface area contributed by atoms with E-state index in [2.05, 4.69) is 9.97 Å². The second kappa shape index (κ2) is 8.23. The number of para-hydroxylation sites is 1. The van der Waals surface area contributed by atoms with Crippen molar-refractivity contribution in [3.63, 3.8) is 0 Å². The van der Waals surface area contributed by atoms with Gasteiger partial charge in [-0.05, 0) is 42.5 Å². The van der Waals surface area contributed by atoms with Gasteiger partial charge in [-0.1, -0.05) is 31.2 Å². The molecule has 0 atom stereocenters. The van der Waals surface area contributed by atoms with Gasteiger partial charge in [-0.3, -0.25) is 4.98 Å². The molecule has 0 unspecified atom stereocenters. The zero-order chi connectivity index (χ0) is 22.9. The zero-order valence-electron chi connectivity index (χ0n) is 16.8. The molecule has 0 radical (unpaired) electrons. The SMILES string of the molecule is CCS(=O)(=O)c1cccc(Oc2cccc(-c3cnc4cccc(C(F)(F)F)c4n3)c2)c1. The van der Waals surface area contributed by atoms with Crippen LogP contribution in [-0.4, -0.2) is 24.1 Å². The highest BCUT2D eigenvalue weighted by molar-refractivity contribution is 7.91. The lowest BCUT2D eigenvalue weighted by Crippen LogP contribution is -2.07. The fraction of sp³-hybridized carbons (Fsp3) is 0.130. The minimum absolute atomic E-state index is 0.0352. The first-order chi connectivity index (χ1) is 15.2. The van der Waals surface area contributed by atoms with Crippen LogP contribution in [0.15, 0.2) is 77.8 Å². The molecule has 0 amide bonds. The maximum Gasteiger partial charge on any atom is 0.418 e. The lowest BCUT2D eigenvalue weighted by Gasteiger charge is -2.11. The van der Waals surface area contributed by atoms with Crippen molar-refractivity contribution >= 4 is 20.9 Å². The number of aromatic nitrogens is 2. The van der Waals surface area contributed by atoms with Gasteiger partial charge in [0.2, 0.25) is 0 Å². The highest BCUT2D eigenvalue weighted by Crippen LogP contribution is 2.34. The molecule has 0 N–H and O–H groups in total. The van der Waals surface area contributed by atoms with Gasteiger partial charge >= 0.3 is 6.18 Å². The van der Waals surface area contributed by atoms with Crippen LogP contribution in [0.25, 0.3) is 22.3 Å². The van der Waals surface area contributed by atoms with E-state index in [0.717, 1.165) is 6.07 Å². The first-order valence-electron chi connectivity index (χ1n) is 9.61. The average Bonchev–Trinajstić information content (AvgIpc) is 2.78. The van der Waals surface area contributed by atoms with Crippen LogP contribution in [0.1, 0.15) is 12.5 Å². The van der Waals surface area contributed by atoms with Gasteiger partial charge in [0.05, 0.1) is 33.6 Å². The minimum Gasteiger partial charge on any atom is -0.457 e. The highest BCUT2D eigenvalue weighted by atomic mass is 32.2. The molecule has 1 aromatic heterocycles. The van der Waals surface area contributed by atoms with Gasteiger partial charge in [0, 0.05) is 5.56 Å². The summed E-state index contributed by atoms with van der Waals surface area (Å²) >= 11 is 0. The Hall–Kier alpha value is -3.46. The molecular formula is C23H17F3N2O3S. The Bertz CT molecular complexity index is 1400.